The molecular formula is C14H26N2O4S. The number of rotatable bonds is 4. The van der Waals surface area contributed by atoms with Crippen LogP contribution in [0.15, 0.2) is 0 Å². The molecule has 1 saturated heterocycles. The first-order valence-corrected chi connectivity index (χ1v) is 9.34. The van der Waals surface area contributed by atoms with E-state index in [1.165, 1.54) is 4.31 Å². The van der Waals surface area contributed by atoms with Crippen LogP contribution >= 0.6 is 0 Å². The predicted molar refractivity (Wildman–Crippen MR) is 80.0 cm³/mol. The number of nitrogens with zero attached hydrogens (tertiary/aromatic N) is 1. The Morgan fingerprint density at radius 1 is 1.14 bits per heavy atom. The van der Waals surface area contributed by atoms with Crippen molar-refractivity contribution in [3.63, 3.8) is 0 Å². The topological polar surface area (TPSA) is 86.7 Å². The molecule has 0 aromatic heterocycles. The zero-order chi connectivity index (χ0) is 15.5. The van der Waals surface area contributed by atoms with Gasteiger partial charge >= 0.3 is 5.97 Å². The number of carbonyl (C=O) groups is 1. The van der Waals surface area contributed by atoms with Crippen LogP contribution in [0, 0.1) is 11.8 Å². The van der Waals surface area contributed by atoms with Crippen molar-refractivity contribution in [1.82, 2.24) is 9.03 Å². The molecule has 1 aliphatic carbocycles. The molecule has 2 N–H and O–H groups in total. The lowest BCUT2D eigenvalue weighted by atomic mass is 9.96. The molecular weight excluding hydrogens is 292 g/mol. The average molecular weight is 318 g/mol. The van der Waals surface area contributed by atoms with Gasteiger partial charge in [-0.2, -0.15) is 17.4 Å². The van der Waals surface area contributed by atoms with Crippen molar-refractivity contribution in [2.24, 2.45) is 11.8 Å². The van der Waals surface area contributed by atoms with Gasteiger partial charge in [-0.3, -0.25) is 4.79 Å². The van der Waals surface area contributed by atoms with Crippen LogP contribution in [-0.4, -0.2) is 42.9 Å². The van der Waals surface area contributed by atoms with Crippen LogP contribution in [0.1, 0.15) is 51.9 Å². The summed E-state index contributed by atoms with van der Waals surface area (Å²) in [4.78, 5) is 11.4. The lowest BCUT2D eigenvalue weighted by Gasteiger charge is -2.32. The van der Waals surface area contributed by atoms with Crippen molar-refractivity contribution in [2.45, 2.75) is 57.9 Å². The van der Waals surface area contributed by atoms with Gasteiger partial charge in [-0.1, -0.05) is 26.2 Å². The molecule has 1 heterocycles. The lowest BCUT2D eigenvalue weighted by Crippen LogP contribution is -2.51. The molecule has 2 aliphatic rings. The summed E-state index contributed by atoms with van der Waals surface area (Å²) in [6, 6.07) is -0.479. The molecule has 2 fully saturated rings. The molecule has 0 bridgehead atoms. The first-order valence-electron chi connectivity index (χ1n) is 7.90. The van der Waals surface area contributed by atoms with Crippen molar-refractivity contribution >= 4 is 16.2 Å². The van der Waals surface area contributed by atoms with E-state index in [-0.39, 0.29) is 0 Å². The number of hydrogen-bond donors (Lipinski definition) is 2. The van der Waals surface area contributed by atoms with Crippen LogP contribution in [0.25, 0.3) is 0 Å². The fourth-order valence-electron chi connectivity index (χ4n) is 3.37. The highest BCUT2D eigenvalue weighted by atomic mass is 32.2. The second-order valence-corrected chi connectivity index (χ2v) is 8.12. The fraction of sp³-hybridized carbons (Fsp3) is 0.929. The second-order valence-electron chi connectivity index (χ2n) is 6.42. The summed E-state index contributed by atoms with van der Waals surface area (Å²) >= 11 is 0. The van der Waals surface area contributed by atoms with Gasteiger partial charge in [0.25, 0.3) is 10.2 Å². The van der Waals surface area contributed by atoms with Crippen LogP contribution in [0.4, 0.5) is 0 Å². The Labute approximate surface area is 127 Å². The SMILES string of the molecule is CC1CCCN(S(=O)(=O)NC2CCCCCC2C(=O)O)C1. The summed E-state index contributed by atoms with van der Waals surface area (Å²) in [6.45, 7) is 3.11. The van der Waals surface area contributed by atoms with Gasteiger partial charge in [0, 0.05) is 19.1 Å². The number of carboxylic acid groups (broad SMARTS) is 1. The molecule has 1 saturated carbocycles. The van der Waals surface area contributed by atoms with Gasteiger partial charge in [0.15, 0.2) is 0 Å². The summed E-state index contributed by atoms with van der Waals surface area (Å²) in [5, 5.41) is 9.33. The Balaban J connectivity index is 2.07. The van der Waals surface area contributed by atoms with E-state index in [2.05, 4.69) is 4.72 Å². The summed E-state index contributed by atoms with van der Waals surface area (Å²) in [7, 11) is -3.58. The molecule has 6 nitrogen and oxygen atoms in total. The highest BCUT2D eigenvalue weighted by molar-refractivity contribution is 7.87. The highest BCUT2D eigenvalue weighted by Gasteiger charge is 2.35. The number of carboxylic acids is 1. The molecule has 0 aromatic carbocycles. The smallest absolute Gasteiger partial charge is 0.308 e. The van der Waals surface area contributed by atoms with E-state index in [0.29, 0.717) is 31.8 Å². The van der Waals surface area contributed by atoms with E-state index in [4.69, 9.17) is 0 Å². The summed E-state index contributed by atoms with van der Waals surface area (Å²) in [5.74, 6) is -1.14. The van der Waals surface area contributed by atoms with Crippen molar-refractivity contribution in [3.8, 4) is 0 Å². The van der Waals surface area contributed by atoms with Crippen LogP contribution in [0.3, 0.4) is 0 Å². The minimum Gasteiger partial charge on any atom is -0.481 e. The molecule has 0 amide bonds. The largest absolute Gasteiger partial charge is 0.481 e. The van der Waals surface area contributed by atoms with Crippen molar-refractivity contribution in [1.29, 1.82) is 0 Å². The molecule has 3 unspecified atom stereocenters. The van der Waals surface area contributed by atoms with Gasteiger partial charge in [-0.05, 0) is 31.6 Å². The molecule has 1 aliphatic heterocycles. The van der Waals surface area contributed by atoms with Crippen molar-refractivity contribution in [3.05, 3.63) is 0 Å². The predicted octanol–water partition coefficient (Wildman–Crippen LogP) is 1.59. The van der Waals surface area contributed by atoms with Gasteiger partial charge in [0.1, 0.15) is 0 Å². The van der Waals surface area contributed by atoms with Crippen molar-refractivity contribution in [2.75, 3.05) is 13.1 Å². The van der Waals surface area contributed by atoms with Crippen LogP contribution in [0.2, 0.25) is 0 Å². The van der Waals surface area contributed by atoms with Crippen LogP contribution < -0.4 is 4.72 Å². The molecule has 122 valence electrons. The Kier molecular flexibility index (Phi) is 5.62. The second kappa shape index (κ2) is 7.07. The van der Waals surface area contributed by atoms with Gasteiger partial charge in [-0.15, -0.1) is 0 Å². The van der Waals surface area contributed by atoms with E-state index in [0.717, 1.165) is 32.1 Å². The number of hydrogen-bond acceptors (Lipinski definition) is 3. The average Bonchev–Trinajstić information content (AvgIpc) is 2.63. The Morgan fingerprint density at radius 3 is 2.52 bits per heavy atom. The first-order chi connectivity index (χ1) is 9.90. The van der Waals surface area contributed by atoms with Crippen molar-refractivity contribution < 1.29 is 18.3 Å². The molecule has 0 aromatic rings. The van der Waals surface area contributed by atoms with Gasteiger partial charge in [0.2, 0.25) is 0 Å². The van der Waals surface area contributed by atoms with Gasteiger partial charge in [-0.25, -0.2) is 0 Å². The Morgan fingerprint density at radius 2 is 1.86 bits per heavy atom. The third-order valence-electron chi connectivity index (χ3n) is 4.59. The fourth-order valence-corrected chi connectivity index (χ4v) is 5.01. The van der Waals surface area contributed by atoms with Gasteiger partial charge in [0.05, 0.1) is 5.92 Å². The summed E-state index contributed by atoms with van der Waals surface area (Å²) < 4.78 is 29.2. The van der Waals surface area contributed by atoms with Gasteiger partial charge < -0.3 is 5.11 Å². The zero-order valence-corrected chi connectivity index (χ0v) is 13.4. The maximum absolute atomic E-state index is 12.5. The molecule has 21 heavy (non-hydrogen) atoms. The van der Waals surface area contributed by atoms with E-state index in [9.17, 15) is 18.3 Å². The van der Waals surface area contributed by atoms with Crippen LogP contribution in [-0.2, 0) is 15.0 Å². The first kappa shape index (κ1) is 16.7. The minimum atomic E-state index is -3.58. The maximum Gasteiger partial charge on any atom is 0.308 e. The highest BCUT2D eigenvalue weighted by Crippen LogP contribution is 2.25. The van der Waals surface area contributed by atoms with E-state index in [1.807, 2.05) is 6.92 Å². The standard InChI is InChI=1S/C14H26N2O4S/c1-11-6-5-9-16(10-11)21(19,20)15-13-8-4-2-3-7-12(13)14(17)18/h11-13,15H,2-10H2,1H3,(H,17,18). The monoisotopic (exact) mass is 318 g/mol. The quantitative estimate of drug-likeness (QED) is 0.771. The molecule has 0 radical (unpaired) electrons. The Bertz CT molecular complexity index is 466. The summed E-state index contributed by atoms with van der Waals surface area (Å²) in [6.07, 6.45) is 5.80. The Hall–Kier alpha value is -0.660. The van der Waals surface area contributed by atoms with E-state index in [1.54, 1.807) is 0 Å². The number of piperidine rings is 1. The molecule has 2 rings (SSSR count). The van der Waals surface area contributed by atoms with E-state index >= 15 is 0 Å². The third kappa shape index (κ3) is 4.40. The molecule has 0 spiro atoms. The van der Waals surface area contributed by atoms with E-state index < -0.39 is 28.1 Å². The number of nitrogens with one attached hydrogen (secondary N) is 1. The van der Waals surface area contributed by atoms with Crippen LogP contribution in [0.5, 0.6) is 0 Å². The molecule has 3 atom stereocenters. The minimum absolute atomic E-state index is 0.361. The normalized spacial score (nSPS) is 32.5. The third-order valence-corrected chi connectivity index (χ3v) is 6.21. The number of aliphatic carboxylic acids is 1. The molecule has 7 heteroatoms. The maximum atomic E-state index is 12.5. The lowest BCUT2D eigenvalue weighted by molar-refractivity contribution is -0.142. The zero-order valence-electron chi connectivity index (χ0n) is 12.6. The summed E-state index contributed by atoms with van der Waals surface area (Å²) in [5.41, 5.74) is 0.